The third kappa shape index (κ3) is 2.74. The highest BCUT2D eigenvalue weighted by atomic mass is 16.5. The van der Waals surface area contributed by atoms with Gasteiger partial charge in [0.1, 0.15) is 5.75 Å². The largest absolute Gasteiger partial charge is 0.481 e. The minimum absolute atomic E-state index is 0.271. The van der Waals surface area contributed by atoms with Crippen molar-refractivity contribution in [3.63, 3.8) is 0 Å². The lowest BCUT2D eigenvalue weighted by Gasteiger charge is -2.02. The molecule has 0 atom stereocenters. The maximum atomic E-state index is 10.9. The molecule has 0 saturated carbocycles. The van der Waals surface area contributed by atoms with Crippen molar-refractivity contribution in [3.05, 3.63) is 18.3 Å². The van der Waals surface area contributed by atoms with Crippen LogP contribution in [0, 0.1) is 0 Å². The van der Waals surface area contributed by atoms with E-state index in [4.69, 9.17) is 9.47 Å². The number of nitrogens with zero attached hydrogens (tertiary/aromatic N) is 1. The fourth-order valence-corrected chi connectivity index (χ4v) is 0.751. The van der Waals surface area contributed by atoms with Crippen LogP contribution in [0.2, 0.25) is 0 Å². The highest BCUT2D eigenvalue weighted by Gasteiger charge is 2.01. The zero-order valence-electron chi connectivity index (χ0n) is 7.61. The summed E-state index contributed by atoms with van der Waals surface area (Å²) in [5.74, 6) is 0.663. The zero-order chi connectivity index (χ0) is 9.68. The van der Waals surface area contributed by atoms with Gasteiger partial charge in [0, 0.05) is 12.5 Å². The molecule has 1 rings (SSSR count). The maximum absolute atomic E-state index is 10.9. The Balaban J connectivity index is 2.64. The van der Waals surface area contributed by atoms with E-state index in [1.54, 1.807) is 19.1 Å². The maximum Gasteiger partial charge on any atom is 0.310 e. The summed E-state index contributed by atoms with van der Waals surface area (Å²) in [5.41, 5.74) is 0. The number of pyridine rings is 1. The van der Waals surface area contributed by atoms with Crippen molar-refractivity contribution in [2.75, 3.05) is 7.11 Å². The first-order valence-corrected chi connectivity index (χ1v) is 3.97. The normalized spacial score (nSPS) is 9.38. The zero-order valence-corrected chi connectivity index (χ0v) is 7.61. The van der Waals surface area contributed by atoms with E-state index in [1.165, 1.54) is 13.3 Å². The van der Waals surface area contributed by atoms with Crippen LogP contribution in [0.4, 0.5) is 0 Å². The average Bonchev–Trinajstić information content (AvgIpc) is 2.19. The van der Waals surface area contributed by atoms with E-state index in [-0.39, 0.29) is 5.97 Å². The Morgan fingerprint density at radius 1 is 1.54 bits per heavy atom. The first-order valence-electron chi connectivity index (χ1n) is 3.97. The molecule has 0 unspecified atom stereocenters. The molecule has 4 heteroatoms. The van der Waals surface area contributed by atoms with E-state index >= 15 is 0 Å². The van der Waals surface area contributed by atoms with E-state index in [1.807, 2.05) is 0 Å². The standard InChI is InChI=1S/C9H11NO3/c1-3-9(11)13-7-4-5-8(12-2)10-6-7/h4-6H,3H2,1-2H3. The molecule has 1 aromatic heterocycles. The molecule has 0 spiro atoms. The number of hydrogen-bond acceptors (Lipinski definition) is 4. The minimum Gasteiger partial charge on any atom is -0.481 e. The van der Waals surface area contributed by atoms with Gasteiger partial charge in [-0.05, 0) is 6.07 Å². The van der Waals surface area contributed by atoms with E-state index in [9.17, 15) is 4.79 Å². The van der Waals surface area contributed by atoms with Gasteiger partial charge >= 0.3 is 5.97 Å². The van der Waals surface area contributed by atoms with Crippen molar-refractivity contribution in [3.8, 4) is 11.6 Å². The number of rotatable bonds is 3. The van der Waals surface area contributed by atoms with Crippen LogP contribution in [0.1, 0.15) is 13.3 Å². The molecule has 0 N–H and O–H groups in total. The van der Waals surface area contributed by atoms with Crippen LogP contribution >= 0.6 is 0 Å². The summed E-state index contributed by atoms with van der Waals surface area (Å²) < 4.78 is 9.75. The Hall–Kier alpha value is -1.58. The summed E-state index contributed by atoms with van der Waals surface area (Å²) in [6.45, 7) is 1.74. The lowest BCUT2D eigenvalue weighted by atomic mass is 10.4. The Kier molecular flexibility index (Phi) is 3.25. The van der Waals surface area contributed by atoms with Crippen molar-refractivity contribution in [1.29, 1.82) is 0 Å². The van der Waals surface area contributed by atoms with E-state index in [2.05, 4.69) is 4.98 Å². The van der Waals surface area contributed by atoms with Crippen molar-refractivity contribution >= 4 is 5.97 Å². The molecule has 0 aliphatic carbocycles. The smallest absolute Gasteiger partial charge is 0.310 e. The van der Waals surface area contributed by atoms with Gasteiger partial charge in [-0.1, -0.05) is 6.92 Å². The molecule has 1 heterocycles. The number of hydrogen-bond donors (Lipinski definition) is 0. The SMILES string of the molecule is CCC(=O)Oc1ccc(OC)nc1. The number of aromatic nitrogens is 1. The average molecular weight is 181 g/mol. The quantitative estimate of drug-likeness (QED) is 0.661. The molecule has 0 aromatic carbocycles. The number of methoxy groups -OCH3 is 1. The number of esters is 1. The molecule has 70 valence electrons. The van der Waals surface area contributed by atoms with Gasteiger partial charge < -0.3 is 9.47 Å². The molecule has 4 nitrogen and oxygen atoms in total. The molecule has 0 saturated heterocycles. The fourth-order valence-electron chi connectivity index (χ4n) is 0.751. The number of carbonyl (C=O) groups excluding carboxylic acids is 1. The van der Waals surface area contributed by atoms with Crippen LogP contribution in [0.5, 0.6) is 11.6 Å². The third-order valence-corrected chi connectivity index (χ3v) is 1.44. The lowest BCUT2D eigenvalue weighted by Crippen LogP contribution is -2.05. The molecule has 13 heavy (non-hydrogen) atoms. The van der Waals surface area contributed by atoms with Gasteiger partial charge in [0.15, 0.2) is 0 Å². The van der Waals surface area contributed by atoms with Crippen molar-refractivity contribution in [2.24, 2.45) is 0 Å². The number of carbonyl (C=O) groups is 1. The summed E-state index contributed by atoms with van der Waals surface area (Å²) in [7, 11) is 1.53. The summed E-state index contributed by atoms with van der Waals surface area (Å²) >= 11 is 0. The molecule has 0 amide bonds. The van der Waals surface area contributed by atoms with E-state index in [0.717, 1.165) is 0 Å². The molecule has 0 aliphatic heterocycles. The van der Waals surface area contributed by atoms with Crippen LogP contribution in [-0.4, -0.2) is 18.1 Å². The Labute approximate surface area is 76.5 Å². The summed E-state index contributed by atoms with van der Waals surface area (Å²) in [5, 5.41) is 0. The monoisotopic (exact) mass is 181 g/mol. The predicted molar refractivity (Wildman–Crippen MR) is 46.7 cm³/mol. The van der Waals surface area contributed by atoms with Gasteiger partial charge in [0.2, 0.25) is 5.88 Å². The van der Waals surface area contributed by atoms with Gasteiger partial charge in [0.25, 0.3) is 0 Å². The first kappa shape index (κ1) is 9.51. The second-order valence-corrected chi connectivity index (χ2v) is 2.36. The Bertz CT molecular complexity index is 281. The fraction of sp³-hybridized carbons (Fsp3) is 0.333. The number of ether oxygens (including phenoxy) is 2. The van der Waals surface area contributed by atoms with Crippen molar-refractivity contribution in [2.45, 2.75) is 13.3 Å². The topological polar surface area (TPSA) is 48.4 Å². The second kappa shape index (κ2) is 4.45. The summed E-state index contributed by atoms with van der Waals surface area (Å²) in [6, 6.07) is 3.28. The van der Waals surface area contributed by atoms with Crippen LogP contribution in [0.15, 0.2) is 18.3 Å². The molecule has 0 fully saturated rings. The van der Waals surface area contributed by atoms with E-state index < -0.39 is 0 Å². The predicted octanol–water partition coefficient (Wildman–Crippen LogP) is 1.41. The van der Waals surface area contributed by atoms with Gasteiger partial charge in [-0.2, -0.15) is 0 Å². The van der Waals surface area contributed by atoms with Crippen LogP contribution < -0.4 is 9.47 Å². The van der Waals surface area contributed by atoms with Crippen LogP contribution in [-0.2, 0) is 4.79 Å². The molecule has 1 aromatic rings. The van der Waals surface area contributed by atoms with Gasteiger partial charge in [-0.15, -0.1) is 0 Å². The molecule has 0 bridgehead atoms. The minimum atomic E-state index is -0.271. The second-order valence-electron chi connectivity index (χ2n) is 2.36. The highest BCUT2D eigenvalue weighted by Crippen LogP contribution is 2.13. The Morgan fingerprint density at radius 3 is 2.77 bits per heavy atom. The molecular weight excluding hydrogens is 170 g/mol. The van der Waals surface area contributed by atoms with E-state index in [0.29, 0.717) is 18.1 Å². The van der Waals surface area contributed by atoms with Gasteiger partial charge in [0.05, 0.1) is 13.3 Å². The summed E-state index contributed by atoms with van der Waals surface area (Å²) in [4.78, 5) is 14.7. The molecular formula is C9H11NO3. The Morgan fingerprint density at radius 2 is 2.31 bits per heavy atom. The van der Waals surface area contributed by atoms with Crippen molar-refractivity contribution < 1.29 is 14.3 Å². The van der Waals surface area contributed by atoms with Gasteiger partial charge in [-0.25, -0.2) is 4.98 Å². The summed E-state index contributed by atoms with van der Waals surface area (Å²) in [6.07, 6.45) is 1.80. The van der Waals surface area contributed by atoms with Crippen LogP contribution in [0.25, 0.3) is 0 Å². The molecule has 0 aliphatic rings. The third-order valence-electron chi connectivity index (χ3n) is 1.44. The van der Waals surface area contributed by atoms with Crippen LogP contribution in [0.3, 0.4) is 0 Å². The van der Waals surface area contributed by atoms with Gasteiger partial charge in [-0.3, -0.25) is 4.79 Å². The lowest BCUT2D eigenvalue weighted by molar-refractivity contribution is -0.134. The first-order chi connectivity index (χ1) is 6.26. The van der Waals surface area contributed by atoms with Crippen molar-refractivity contribution in [1.82, 2.24) is 4.98 Å². The molecule has 0 radical (unpaired) electrons. The highest BCUT2D eigenvalue weighted by molar-refractivity contribution is 5.71.